The number of primary amides is 1. The maximum absolute atomic E-state index is 12.3. The Balaban J connectivity index is 2.06. The van der Waals surface area contributed by atoms with Crippen LogP contribution in [-0.4, -0.2) is 31.1 Å². The number of carbonyl (C=O) groups is 2. The lowest BCUT2D eigenvalue weighted by atomic mass is 10.0. The van der Waals surface area contributed by atoms with Crippen LogP contribution in [0, 0.1) is 0 Å². The van der Waals surface area contributed by atoms with Gasteiger partial charge in [-0.05, 0) is 43.3 Å². The SMILES string of the molecule is CCN[C@H](C)CNC(=O)CC(NC(N)=O)c1cccc(Oc2ccccc2)c1. The molecule has 0 aliphatic rings. The van der Waals surface area contributed by atoms with Crippen molar-refractivity contribution < 1.29 is 14.3 Å². The van der Waals surface area contributed by atoms with E-state index in [0.29, 0.717) is 18.0 Å². The third-order valence-corrected chi connectivity index (χ3v) is 4.10. The molecule has 0 saturated carbocycles. The number of hydrogen-bond acceptors (Lipinski definition) is 4. The van der Waals surface area contributed by atoms with E-state index in [2.05, 4.69) is 16.0 Å². The second kappa shape index (κ2) is 10.9. The molecule has 2 aromatic carbocycles. The molecule has 0 radical (unpaired) electrons. The molecular formula is C21H28N4O3. The number of rotatable bonds is 10. The van der Waals surface area contributed by atoms with Crippen molar-refractivity contribution in [3.8, 4) is 11.5 Å². The van der Waals surface area contributed by atoms with E-state index in [1.54, 1.807) is 6.07 Å². The molecule has 0 saturated heterocycles. The summed E-state index contributed by atoms with van der Waals surface area (Å²) in [6.07, 6.45) is 0.0799. The molecule has 0 heterocycles. The number of benzene rings is 2. The van der Waals surface area contributed by atoms with Crippen molar-refractivity contribution in [2.45, 2.75) is 32.4 Å². The first kappa shape index (κ1) is 21.2. The Labute approximate surface area is 165 Å². The predicted molar refractivity (Wildman–Crippen MR) is 109 cm³/mol. The van der Waals surface area contributed by atoms with E-state index in [-0.39, 0.29) is 18.4 Å². The summed E-state index contributed by atoms with van der Waals surface area (Å²) in [4.78, 5) is 23.8. The summed E-state index contributed by atoms with van der Waals surface area (Å²) in [5.74, 6) is 1.15. The Kier molecular flexibility index (Phi) is 8.30. The third-order valence-electron chi connectivity index (χ3n) is 4.10. The van der Waals surface area contributed by atoms with Gasteiger partial charge in [0.15, 0.2) is 0 Å². The minimum atomic E-state index is -0.687. The van der Waals surface area contributed by atoms with Crippen LogP contribution in [0.15, 0.2) is 54.6 Å². The van der Waals surface area contributed by atoms with E-state index >= 15 is 0 Å². The smallest absolute Gasteiger partial charge is 0.312 e. The fourth-order valence-corrected chi connectivity index (χ4v) is 2.79. The first-order valence-electron chi connectivity index (χ1n) is 9.36. The summed E-state index contributed by atoms with van der Waals surface area (Å²) in [6.45, 7) is 5.34. The van der Waals surface area contributed by atoms with Gasteiger partial charge in [0, 0.05) is 12.6 Å². The van der Waals surface area contributed by atoms with E-state index in [0.717, 1.165) is 12.1 Å². The number of hydrogen-bond donors (Lipinski definition) is 4. The highest BCUT2D eigenvalue weighted by Crippen LogP contribution is 2.25. The fraction of sp³-hybridized carbons (Fsp3) is 0.333. The zero-order valence-electron chi connectivity index (χ0n) is 16.3. The quantitative estimate of drug-likeness (QED) is 0.505. The van der Waals surface area contributed by atoms with Crippen LogP contribution in [-0.2, 0) is 4.79 Å². The van der Waals surface area contributed by atoms with Gasteiger partial charge < -0.3 is 26.4 Å². The van der Waals surface area contributed by atoms with Crippen LogP contribution in [0.3, 0.4) is 0 Å². The minimum Gasteiger partial charge on any atom is -0.457 e. The van der Waals surface area contributed by atoms with E-state index in [1.807, 2.05) is 62.4 Å². The molecule has 0 fully saturated rings. The first-order chi connectivity index (χ1) is 13.5. The van der Waals surface area contributed by atoms with Gasteiger partial charge in [-0.3, -0.25) is 4.79 Å². The zero-order chi connectivity index (χ0) is 20.4. The number of urea groups is 1. The Morgan fingerprint density at radius 3 is 2.46 bits per heavy atom. The normalized spacial score (nSPS) is 12.6. The van der Waals surface area contributed by atoms with Crippen LogP contribution < -0.4 is 26.4 Å². The summed E-state index contributed by atoms with van der Waals surface area (Å²) in [6, 6.07) is 15.6. The number of carbonyl (C=O) groups excluding carboxylic acids is 2. The number of nitrogens with two attached hydrogens (primary N) is 1. The van der Waals surface area contributed by atoms with Gasteiger partial charge in [0.05, 0.1) is 12.5 Å². The standard InChI is InChI=1S/C21H28N4O3/c1-3-23-15(2)14-24-20(26)13-19(25-21(22)27)16-8-7-11-18(12-16)28-17-9-5-4-6-10-17/h4-12,15,19,23H,3,13-14H2,1-2H3,(H,24,26)(H3,22,25,27)/t15-,19?/m1/s1. The first-order valence-corrected chi connectivity index (χ1v) is 9.36. The lowest BCUT2D eigenvalue weighted by molar-refractivity contribution is -0.121. The predicted octanol–water partition coefficient (Wildman–Crippen LogP) is 2.69. The molecule has 0 spiro atoms. The van der Waals surface area contributed by atoms with Gasteiger partial charge in [-0.15, -0.1) is 0 Å². The second-order valence-corrected chi connectivity index (χ2v) is 6.52. The Bertz CT molecular complexity index is 767. The molecule has 0 bridgehead atoms. The van der Waals surface area contributed by atoms with Crippen molar-refractivity contribution in [3.05, 3.63) is 60.2 Å². The molecule has 7 heteroatoms. The molecule has 2 rings (SSSR count). The van der Waals surface area contributed by atoms with Gasteiger partial charge in [0.2, 0.25) is 5.91 Å². The van der Waals surface area contributed by atoms with Crippen LogP contribution in [0.2, 0.25) is 0 Å². The van der Waals surface area contributed by atoms with Gasteiger partial charge in [-0.25, -0.2) is 4.79 Å². The molecule has 0 aliphatic heterocycles. The van der Waals surface area contributed by atoms with Crippen molar-refractivity contribution in [3.63, 3.8) is 0 Å². The summed E-state index contributed by atoms with van der Waals surface area (Å²) < 4.78 is 5.83. The van der Waals surface area contributed by atoms with Gasteiger partial charge in [0.1, 0.15) is 11.5 Å². The zero-order valence-corrected chi connectivity index (χ0v) is 16.3. The molecule has 2 atom stereocenters. The number of ether oxygens (including phenoxy) is 1. The maximum Gasteiger partial charge on any atom is 0.312 e. The van der Waals surface area contributed by atoms with E-state index in [4.69, 9.17) is 10.5 Å². The number of para-hydroxylation sites is 1. The summed E-state index contributed by atoms with van der Waals surface area (Å²) in [5.41, 5.74) is 6.04. The largest absolute Gasteiger partial charge is 0.457 e. The van der Waals surface area contributed by atoms with Gasteiger partial charge in [-0.1, -0.05) is 37.3 Å². The lowest BCUT2D eigenvalue weighted by Gasteiger charge is -2.19. The summed E-state index contributed by atoms with van der Waals surface area (Å²) in [5, 5.41) is 8.74. The van der Waals surface area contributed by atoms with Gasteiger partial charge in [-0.2, -0.15) is 0 Å². The lowest BCUT2D eigenvalue weighted by Crippen LogP contribution is -2.41. The second-order valence-electron chi connectivity index (χ2n) is 6.52. The van der Waals surface area contributed by atoms with Crippen LogP contribution in [0.25, 0.3) is 0 Å². The molecular weight excluding hydrogens is 356 g/mol. The average Bonchev–Trinajstić information content (AvgIpc) is 2.67. The van der Waals surface area contributed by atoms with Crippen molar-refractivity contribution in [2.75, 3.05) is 13.1 Å². The topological polar surface area (TPSA) is 105 Å². The van der Waals surface area contributed by atoms with Crippen LogP contribution >= 0.6 is 0 Å². The molecule has 0 aliphatic carbocycles. The third kappa shape index (κ3) is 7.28. The van der Waals surface area contributed by atoms with E-state index in [1.165, 1.54) is 0 Å². The molecule has 3 amide bonds. The molecule has 2 aromatic rings. The van der Waals surface area contributed by atoms with E-state index in [9.17, 15) is 9.59 Å². The minimum absolute atomic E-state index is 0.0799. The van der Waals surface area contributed by atoms with Crippen molar-refractivity contribution in [1.29, 1.82) is 0 Å². The van der Waals surface area contributed by atoms with Crippen LogP contribution in [0.5, 0.6) is 11.5 Å². The Hall–Kier alpha value is -3.06. The number of amides is 3. The van der Waals surface area contributed by atoms with Crippen LogP contribution in [0.4, 0.5) is 4.79 Å². The number of nitrogens with one attached hydrogen (secondary N) is 3. The molecule has 150 valence electrons. The van der Waals surface area contributed by atoms with Gasteiger partial charge >= 0.3 is 6.03 Å². The highest BCUT2D eigenvalue weighted by molar-refractivity contribution is 5.78. The van der Waals surface area contributed by atoms with E-state index < -0.39 is 12.1 Å². The molecule has 5 N–H and O–H groups in total. The highest BCUT2D eigenvalue weighted by atomic mass is 16.5. The highest BCUT2D eigenvalue weighted by Gasteiger charge is 2.18. The molecule has 28 heavy (non-hydrogen) atoms. The van der Waals surface area contributed by atoms with Crippen molar-refractivity contribution in [2.24, 2.45) is 5.73 Å². The monoisotopic (exact) mass is 384 g/mol. The molecule has 7 nitrogen and oxygen atoms in total. The Morgan fingerprint density at radius 1 is 1.07 bits per heavy atom. The average molecular weight is 384 g/mol. The molecule has 0 aromatic heterocycles. The summed E-state index contributed by atoms with van der Waals surface area (Å²) >= 11 is 0. The van der Waals surface area contributed by atoms with Crippen molar-refractivity contribution in [1.82, 2.24) is 16.0 Å². The Morgan fingerprint density at radius 2 is 1.79 bits per heavy atom. The molecule has 1 unspecified atom stereocenters. The number of likely N-dealkylation sites (N-methyl/N-ethyl adjacent to an activating group) is 1. The fourth-order valence-electron chi connectivity index (χ4n) is 2.79. The van der Waals surface area contributed by atoms with Crippen LogP contribution in [0.1, 0.15) is 31.9 Å². The summed E-state index contributed by atoms with van der Waals surface area (Å²) in [7, 11) is 0. The van der Waals surface area contributed by atoms with Crippen molar-refractivity contribution >= 4 is 11.9 Å². The van der Waals surface area contributed by atoms with Gasteiger partial charge in [0.25, 0.3) is 0 Å². The maximum atomic E-state index is 12.3.